The number of imidazole rings is 1. The Morgan fingerprint density at radius 1 is 0.969 bits per heavy atom. The lowest BCUT2D eigenvalue weighted by molar-refractivity contribution is -0.137. The van der Waals surface area contributed by atoms with E-state index in [9.17, 15) is 13.2 Å². The number of aromatic nitrogens is 5. The topological polar surface area (TPSA) is 57.8 Å². The third-order valence-electron chi connectivity index (χ3n) is 4.63. The molecule has 0 bridgehead atoms. The highest BCUT2D eigenvalue weighted by Crippen LogP contribution is 2.34. The number of ether oxygens (including phenoxy) is 1. The molecular formula is C21H20Cl2F3N5O. The van der Waals surface area contributed by atoms with Crippen LogP contribution in [0.2, 0.25) is 0 Å². The Balaban J connectivity index is 0.00000181. The van der Waals surface area contributed by atoms with Gasteiger partial charge in [0.15, 0.2) is 5.82 Å². The Kier molecular flexibility index (Phi) is 7.58. The highest BCUT2D eigenvalue weighted by atomic mass is 35.5. The second-order valence-corrected chi connectivity index (χ2v) is 6.72. The number of rotatable bonds is 4. The first-order valence-corrected chi connectivity index (χ1v) is 9.07. The molecule has 4 aromatic rings. The van der Waals surface area contributed by atoms with Crippen molar-refractivity contribution in [1.82, 2.24) is 24.3 Å². The number of hydrogen-bond acceptors (Lipinski definition) is 4. The van der Waals surface area contributed by atoms with Crippen molar-refractivity contribution in [2.24, 2.45) is 0 Å². The van der Waals surface area contributed by atoms with Crippen LogP contribution in [0, 0.1) is 13.8 Å². The van der Waals surface area contributed by atoms with E-state index in [0.717, 1.165) is 17.4 Å². The summed E-state index contributed by atoms with van der Waals surface area (Å²) in [5, 5.41) is 4.34. The maximum Gasteiger partial charge on any atom is 0.418 e. The Bertz CT molecular complexity index is 1220. The number of alkyl halides is 3. The summed E-state index contributed by atoms with van der Waals surface area (Å²) in [6, 6.07) is 10.7. The molecule has 0 aliphatic heterocycles. The molecule has 2 heterocycles. The quantitative estimate of drug-likeness (QED) is 0.377. The molecule has 0 aliphatic rings. The minimum atomic E-state index is -4.50. The van der Waals surface area contributed by atoms with Crippen LogP contribution in [0.15, 0.2) is 55.0 Å². The Morgan fingerprint density at radius 3 is 2.31 bits per heavy atom. The summed E-state index contributed by atoms with van der Waals surface area (Å²) < 4.78 is 48.8. The summed E-state index contributed by atoms with van der Waals surface area (Å²) >= 11 is 0. The fourth-order valence-electron chi connectivity index (χ4n) is 3.22. The minimum absolute atomic E-state index is 0. The van der Waals surface area contributed by atoms with Gasteiger partial charge in [0.1, 0.15) is 11.6 Å². The number of halogens is 5. The molecule has 0 saturated carbocycles. The Morgan fingerprint density at radius 2 is 1.69 bits per heavy atom. The molecule has 2 aromatic carbocycles. The summed E-state index contributed by atoms with van der Waals surface area (Å²) in [7, 11) is 1.54. The average molecular weight is 486 g/mol. The third-order valence-corrected chi connectivity index (χ3v) is 4.63. The van der Waals surface area contributed by atoms with Gasteiger partial charge >= 0.3 is 6.18 Å². The van der Waals surface area contributed by atoms with Crippen LogP contribution in [0.1, 0.15) is 17.1 Å². The summed E-state index contributed by atoms with van der Waals surface area (Å²) in [4.78, 5) is 8.59. The molecule has 4 rings (SSSR count). The summed E-state index contributed by atoms with van der Waals surface area (Å²) in [6.07, 6.45) is -0.955. The molecule has 0 fully saturated rings. The van der Waals surface area contributed by atoms with Crippen LogP contribution in [0.5, 0.6) is 5.75 Å². The maximum absolute atomic E-state index is 13.4. The van der Waals surface area contributed by atoms with Gasteiger partial charge in [0.25, 0.3) is 0 Å². The summed E-state index contributed by atoms with van der Waals surface area (Å²) in [5.41, 5.74) is 1.42. The molecule has 0 atom stereocenters. The van der Waals surface area contributed by atoms with Crippen LogP contribution in [0.4, 0.5) is 13.2 Å². The van der Waals surface area contributed by atoms with E-state index in [2.05, 4.69) is 15.1 Å². The van der Waals surface area contributed by atoms with Gasteiger partial charge in [-0.05, 0) is 44.2 Å². The van der Waals surface area contributed by atoms with Crippen LogP contribution in [-0.4, -0.2) is 31.4 Å². The van der Waals surface area contributed by atoms with Gasteiger partial charge in [-0.2, -0.15) is 13.2 Å². The van der Waals surface area contributed by atoms with Gasteiger partial charge in [0.05, 0.1) is 36.1 Å². The van der Waals surface area contributed by atoms with Crippen LogP contribution < -0.4 is 4.74 Å². The fraction of sp³-hybridized carbons (Fsp3) is 0.190. The van der Waals surface area contributed by atoms with E-state index < -0.39 is 11.7 Å². The highest BCUT2D eigenvalue weighted by molar-refractivity contribution is 5.85. The molecular weight excluding hydrogens is 466 g/mol. The van der Waals surface area contributed by atoms with Gasteiger partial charge in [-0.25, -0.2) is 14.6 Å². The lowest BCUT2D eigenvalue weighted by Crippen LogP contribution is -2.12. The molecule has 170 valence electrons. The third kappa shape index (κ3) is 4.73. The molecule has 0 amide bonds. The molecule has 0 spiro atoms. The van der Waals surface area contributed by atoms with Crippen molar-refractivity contribution in [3.05, 3.63) is 72.1 Å². The van der Waals surface area contributed by atoms with Gasteiger partial charge in [0, 0.05) is 11.8 Å². The second-order valence-electron chi connectivity index (χ2n) is 6.72. The van der Waals surface area contributed by atoms with E-state index in [-0.39, 0.29) is 30.5 Å². The first-order chi connectivity index (χ1) is 14.3. The number of benzene rings is 2. The van der Waals surface area contributed by atoms with Crippen molar-refractivity contribution < 1.29 is 17.9 Å². The molecule has 0 aliphatic carbocycles. The normalized spacial score (nSPS) is 10.9. The highest BCUT2D eigenvalue weighted by Gasteiger charge is 2.34. The maximum atomic E-state index is 13.4. The van der Waals surface area contributed by atoms with Gasteiger partial charge in [-0.15, -0.1) is 29.9 Å². The van der Waals surface area contributed by atoms with E-state index in [4.69, 9.17) is 4.74 Å². The van der Waals surface area contributed by atoms with E-state index >= 15 is 0 Å². The number of methoxy groups -OCH3 is 1. The first-order valence-electron chi connectivity index (χ1n) is 9.07. The first kappa shape index (κ1) is 25.2. The molecule has 11 heteroatoms. The van der Waals surface area contributed by atoms with Crippen LogP contribution in [-0.2, 0) is 6.18 Å². The predicted octanol–water partition coefficient (Wildman–Crippen LogP) is 5.61. The zero-order valence-electron chi connectivity index (χ0n) is 17.3. The second kappa shape index (κ2) is 9.62. The molecule has 0 unspecified atom stereocenters. The molecule has 32 heavy (non-hydrogen) atoms. The molecule has 0 saturated heterocycles. The zero-order valence-corrected chi connectivity index (χ0v) is 18.9. The summed E-state index contributed by atoms with van der Waals surface area (Å²) in [6.45, 7) is 3.50. The Labute approximate surface area is 194 Å². The lowest BCUT2D eigenvalue weighted by atomic mass is 10.1. The number of hydrogen-bond donors (Lipinski definition) is 0. The van der Waals surface area contributed by atoms with E-state index in [1.165, 1.54) is 22.9 Å². The smallest absolute Gasteiger partial charge is 0.418 e. The van der Waals surface area contributed by atoms with Crippen LogP contribution in [0.25, 0.3) is 22.8 Å². The van der Waals surface area contributed by atoms with Crippen molar-refractivity contribution in [3.8, 4) is 28.5 Å². The SMILES string of the molecule is COc1cc(-c2nc(C)n(-c3ccccc3C(F)(F)F)n2)ccc1-n1cnc(C)c1.Cl.Cl. The van der Waals surface area contributed by atoms with E-state index in [1.807, 2.05) is 23.8 Å². The lowest BCUT2D eigenvalue weighted by Gasteiger charge is -2.12. The van der Waals surface area contributed by atoms with Crippen molar-refractivity contribution in [1.29, 1.82) is 0 Å². The zero-order chi connectivity index (χ0) is 21.5. The average Bonchev–Trinajstić information content (AvgIpc) is 3.32. The monoisotopic (exact) mass is 485 g/mol. The largest absolute Gasteiger partial charge is 0.495 e. The number of nitrogens with zero attached hydrogens (tertiary/aromatic N) is 5. The van der Waals surface area contributed by atoms with Crippen molar-refractivity contribution in [2.75, 3.05) is 7.11 Å². The standard InChI is InChI=1S/C21H18F3N5O.2ClH/c1-13-11-28(12-25-13)18-9-8-15(10-19(18)30-3)20-26-14(2)29(27-20)17-7-5-4-6-16(17)21(22,23)24;;/h4-12H,1-3H3;2*1H. The van der Waals surface area contributed by atoms with E-state index in [0.29, 0.717) is 23.0 Å². The van der Waals surface area contributed by atoms with Gasteiger partial charge in [-0.3, -0.25) is 0 Å². The molecule has 6 nitrogen and oxygen atoms in total. The van der Waals surface area contributed by atoms with Crippen LogP contribution in [0.3, 0.4) is 0 Å². The number of para-hydroxylation sites is 1. The van der Waals surface area contributed by atoms with Gasteiger partial charge in [0.2, 0.25) is 0 Å². The van der Waals surface area contributed by atoms with Crippen molar-refractivity contribution in [2.45, 2.75) is 20.0 Å². The van der Waals surface area contributed by atoms with Gasteiger partial charge < -0.3 is 9.30 Å². The molecule has 0 radical (unpaired) electrons. The Hall–Kier alpha value is -3.04. The predicted molar refractivity (Wildman–Crippen MR) is 119 cm³/mol. The van der Waals surface area contributed by atoms with E-state index in [1.54, 1.807) is 32.5 Å². The number of aryl methyl sites for hydroxylation is 2. The van der Waals surface area contributed by atoms with Crippen molar-refractivity contribution >= 4 is 24.8 Å². The van der Waals surface area contributed by atoms with Gasteiger partial charge in [-0.1, -0.05) is 12.1 Å². The minimum Gasteiger partial charge on any atom is -0.495 e. The molecule has 0 N–H and O–H groups in total. The van der Waals surface area contributed by atoms with Crippen molar-refractivity contribution in [3.63, 3.8) is 0 Å². The fourth-order valence-corrected chi connectivity index (χ4v) is 3.22. The molecule has 2 aromatic heterocycles. The van der Waals surface area contributed by atoms with Crippen LogP contribution >= 0.6 is 24.8 Å². The summed E-state index contributed by atoms with van der Waals surface area (Å²) in [5.74, 6) is 1.21.